The van der Waals surface area contributed by atoms with Crippen molar-refractivity contribution in [2.75, 3.05) is 15.8 Å². The van der Waals surface area contributed by atoms with Crippen molar-refractivity contribution >= 4 is 39.3 Å². The first kappa shape index (κ1) is 22.6. The molecule has 0 atom stereocenters. The van der Waals surface area contributed by atoms with E-state index in [1.165, 1.54) is 42.2 Å². The van der Waals surface area contributed by atoms with E-state index in [9.17, 15) is 13.2 Å². The number of anilines is 2. The van der Waals surface area contributed by atoms with Crippen molar-refractivity contribution in [1.82, 2.24) is 19.9 Å². The maximum Gasteiger partial charge on any atom is 0.264 e. The summed E-state index contributed by atoms with van der Waals surface area (Å²) < 4.78 is 27.3. The molecular weight excluding hydrogens is 436 g/mol. The molecule has 3 aromatic rings. The number of benzene rings is 1. The molecule has 0 aliphatic carbocycles. The Morgan fingerprint density at radius 3 is 2.29 bits per heavy atom. The maximum absolute atomic E-state index is 12.5. The second-order valence-electron chi connectivity index (χ2n) is 6.73. The molecule has 9 nitrogen and oxygen atoms in total. The number of sulfonamides is 1. The first-order valence-corrected chi connectivity index (χ1v) is 11.9. The van der Waals surface area contributed by atoms with Crippen LogP contribution in [0, 0.1) is 20.8 Å². The summed E-state index contributed by atoms with van der Waals surface area (Å²) in [4.78, 5) is 28.8. The van der Waals surface area contributed by atoms with Crippen LogP contribution >= 0.6 is 11.8 Å². The van der Waals surface area contributed by atoms with E-state index in [2.05, 4.69) is 30.0 Å². The Balaban J connectivity index is 1.54. The highest BCUT2D eigenvalue weighted by Crippen LogP contribution is 2.18. The number of hydrogen-bond donors (Lipinski definition) is 2. The number of hydrogen-bond acceptors (Lipinski definition) is 8. The molecule has 0 saturated carbocycles. The SMILES string of the molecule is Cc1ccnc(NS(=O)(=O)c2ccc(NC(=O)CCSc3nc(C)cc(C)n3)cc2)n1. The second kappa shape index (κ2) is 9.84. The summed E-state index contributed by atoms with van der Waals surface area (Å²) in [6.45, 7) is 5.54. The number of thioether (sulfide) groups is 1. The summed E-state index contributed by atoms with van der Waals surface area (Å²) in [6.07, 6.45) is 1.75. The third kappa shape index (κ3) is 6.72. The van der Waals surface area contributed by atoms with E-state index in [0.29, 0.717) is 22.3 Å². The molecule has 0 bridgehead atoms. The van der Waals surface area contributed by atoms with Crippen LogP contribution in [0.15, 0.2) is 52.6 Å². The van der Waals surface area contributed by atoms with Gasteiger partial charge in [-0.2, -0.15) is 0 Å². The largest absolute Gasteiger partial charge is 0.326 e. The van der Waals surface area contributed by atoms with Crippen molar-refractivity contribution in [2.45, 2.75) is 37.2 Å². The monoisotopic (exact) mass is 458 g/mol. The van der Waals surface area contributed by atoms with Crippen LogP contribution in [0.4, 0.5) is 11.6 Å². The minimum absolute atomic E-state index is 0.00247. The molecule has 0 saturated heterocycles. The number of nitrogens with zero attached hydrogens (tertiary/aromatic N) is 4. The molecule has 0 unspecified atom stereocenters. The molecule has 31 heavy (non-hydrogen) atoms. The molecule has 1 aromatic carbocycles. The van der Waals surface area contributed by atoms with Gasteiger partial charge in [0.05, 0.1) is 4.90 Å². The van der Waals surface area contributed by atoms with Crippen LogP contribution in [0.1, 0.15) is 23.5 Å². The molecule has 3 rings (SSSR count). The minimum atomic E-state index is -3.83. The highest BCUT2D eigenvalue weighted by Gasteiger charge is 2.16. The van der Waals surface area contributed by atoms with Gasteiger partial charge in [0.2, 0.25) is 11.9 Å². The minimum Gasteiger partial charge on any atom is -0.326 e. The number of rotatable bonds is 8. The molecule has 162 valence electrons. The fourth-order valence-electron chi connectivity index (χ4n) is 2.61. The fraction of sp³-hybridized carbons (Fsp3) is 0.250. The van der Waals surface area contributed by atoms with Crippen LogP contribution in [0.2, 0.25) is 0 Å². The predicted octanol–water partition coefficient (Wildman–Crippen LogP) is 3.11. The van der Waals surface area contributed by atoms with Crippen LogP contribution in [-0.4, -0.2) is 40.0 Å². The molecule has 11 heteroatoms. The third-order valence-corrected chi connectivity index (χ3v) is 6.18. The van der Waals surface area contributed by atoms with Gasteiger partial charge in [-0.1, -0.05) is 11.8 Å². The Kier molecular flexibility index (Phi) is 7.18. The van der Waals surface area contributed by atoms with E-state index >= 15 is 0 Å². The molecule has 0 radical (unpaired) electrons. The fourth-order valence-corrected chi connectivity index (χ4v) is 4.45. The van der Waals surface area contributed by atoms with Gasteiger partial charge in [-0.3, -0.25) is 4.79 Å². The van der Waals surface area contributed by atoms with Crippen molar-refractivity contribution in [3.8, 4) is 0 Å². The molecular formula is C20H22N6O3S2. The Hall–Kier alpha value is -3.05. The molecule has 2 N–H and O–H groups in total. The van der Waals surface area contributed by atoms with Crippen molar-refractivity contribution in [1.29, 1.82) is 0 Å². The second-order valence-corrected chi connectivity index (χ2v) is 9.48. The van der Waals surface area contributed by atoms with Crippen molar-refractivity contribution in [3.63, 3.8) is 0 Å². The van der Waals surface area contributed by atoms with E-state index in [-0.39, 0.29) is 23.2 Å². The molecule has 0 fully saturated rings. The van der Waals surface area contributed by atoms with Gasteiger partial charge >= 0.3 is 0 Å². The number of nitrogens with one attached hydrogen (secondary N) is 2. The number of amides is 1. The van der Waals surface area contributed by atoms with E-state index in [4.69, 9.17) is 0 Å². The lowest BCUT2D eigenvalue weighted by Crippen LogP contribution is -2.16. The van der Waals surface area contributed by atoms with E-state index in [1.54, 1.807) is 13.0 Å². The van der Waals surface area contributed by atoms with Gasteiger partial charge in [0.25, 0.3) is 10.0 Å². The van der Waals surface area contributed by atoms with E-state index in [1.807, 2.05) is 19.9 Å². The summed E-state index contributed by atoms with van der Waals surface area (Å²) in [5.74, 6) is 0.350. The van der Waals surface area contributed by atoms with Crippen molar-refractivity contribution in [3.05, 3.63) is 59.7 Å². The highest BCUT2D eigenvalue weighted by atomic mass is 32.2. The van der Waals surface area contributed by atoms with Crippen LogP contribution in [-0.2, 0) is 14.8 Å². The summed E-state index contributed by atoms with van der Waals surface area (Å²) >= 11 is 1.41. The molecule has 2 heterocycles. The quantitative estimate of drug-likeness (QED) is 0.389. The van der Waals surface area contributed by atoms with Gasteiger partial charge in [0, 0.05) is 41.1 Å². The van der Waals surface area contributed by atoms with Gasteiger partial charge in [-0.15, -0.1) is 0 Å². The summed E-state index contributed by atoms with van der Waals surface area (Å²) in [7, 11) is -3.83. The summed E-state index contributed by atoms with van der Waals surface area (Å²) in [5, 5.41) is 3.40. The lowest BCUT2D eigenvalue weighted by Gasteiger charge is -2.09. The van der Waals surface area contributed by atoms with Crippen LogP contribution in [0.5, 0.6) is 0 Å². The topological polar surface area (TPSA) is 127 Å². The normalized spacial score (nSPS) is 11.2. The Morgan fingerprint density at radius 1 is 0.968 bits per heavy atom. The van der Waals surface area contributed by atoms with Crippen LogP contribution in [0.3, 0.4) is 0 Å². The zero-order valence-corrected chi connectivity index (χ0v) is 18.9. The lowest BCUT2D eigenvalue weighted by molar-refractivity contribution is -0.115. The smallest absolute Gasteiger partial charge is 0.264 e. The molecule has 2 aromatic heterocycles. The average molecular weight is 459 g/mol. The van der Waals surface area contributed by atoms with Gasteiger partial charge in [-0.05, 0) is 57.2 Å². The van der Waals surface area contributed by atoms with Gasteiger partial charge in [-0.25, -0.2) is 33.1 Å². The zero-order valence-electron chi connectivity index (χ0n) is 17.3. The zero-order chi connectivity index (χ0) is 22.4. The van der Waals surface area contributed by atoms with Gasteiger partial charge in [0.1, 0.15) is 0 Å². The molecule has 0 aliphatic heterocycles. The Labute approximate surface area is 185 Å². The molecule has 0 spiro atoms. The van der Waals surface area contributed by atoms with E-state index in [0.717, 1.165) is 11.4 Å². The Bertz CT molecular complexity index is 1160. The van der Waals surface area contributed by atoms with Crippen molar-refractivity contribution in [2.24, 2.45) is 0 Å². The summed E-state index contributed by atoms with van der Waals surface area (Å²) in [6, 6.07) is 9.44. The van der Waals surface area contributed by atoms with Crippen LogP contribution < -0.4 is 10.0 Å². The predicted molar refractivity (Wildman–Crippen MR) is 119 cm³/mol. The lowest BCUT2D eigenvalue weighted by atomic mass is 10.3. The highest BCUT2D eigenvalue weighted by molar-refractivity contribution is 7.99. The van der Waals surface area contributed by atoms with Gasteiger partial charge in [0.15, 0.2) is 5.16 Å². The Morgan fingerprint density at radius 2 is 1.65 bits per heavy atom. The number of carbonyl (C=O) groups is 1. The number of aryl methyl sites for hydroxylation is 3. The first-order valence-electron chi connectivity index (χ1n) is 9.39. The standard InChI is InChI=1S/C20H22N6O3S2/c1-13-8-10-21-19(22-13)26-31(28,29)17-6-4-16(5-7-17)25-18(27)9-11-30-20-23-14(2)12-15(3)24-20/h4-8,10,12H,9,11H2,1-3H3,(H,25,27)(H,21,22,26). The molecule has 0 aliphatic rings. The van der Waals surface area contributed by atoms with E-state index < -0.39 is 10.0 Å². The van der Waals surface area contributed by atoms with Crippen molar-refractivity contribution < 1.29 is 13.2 Å². The summed E-state index contributed by atoms with van der Waals surface area (Å²) in [5.41, 5.74) is 2.92. The molecule has 1 amide bonds. The first-order chi connectivity index (χ1) is 14.7. The number of carbonyl (C=O) groups excluding carboxylic acids is 1. The maximum atomic E-state index is 12.5. The average Bonchev–Trinajstić information content (AvgIpc) is 2.67. The van der Waals surface area contributed by atoms with Gasteiger partial charge < -0.3 is 5.32 Å². The number of aromatic nitrogens is 4. The van der Waals surface area contributed by atoms with Crippen LogP contribution in [0.25, 0.3) is 0 Å². The third-order valence-electron chi connectivity index (χ3n) is 3.99.